The standard InChI is InChI=1S/C15H20BrNO2/c1-10-8-12-11(6-5-7-13(12)16)9-17(10)14(18)19-15(2,3)4/h5-7,10H,8-9H2,1-4H3. The molecule has 1 aromatic rings. The Labute approximate surface area is 123 Å². The fraction of sp³-hybridized carbons (Fsp3) is 0.533. The molecule has 3 nitrogen and oxygen atoms in total. The normalized spacial score (nSPS) is 19.0. The molecule has 4 heteroatoms. The van der Waals surface area contributed by atoms with Crippen LogP contribution in [0.3, 0.4) is 0 Å². The molecule has 1 amide bonds. The first-order valence-corrected chi connectivity index (χ1v) is 7.33. The summed E-state index contributed by atoms with van der Waals surface area (Å²) < 4.78 is 6.59. The van der Waals surface area contributed by atoms with Crippen LogP contribution >= 0.6 is 15.9 Å². The Kier molecular flexibility index (Phi) is 3.90. The lowest BCUT2D eigenvalue weighted by atomic mass is 9.95. The maximum atomic E-state index is 12.2. The van der Waals surface area contributed by atoms with Gasteiger partial charge in [0.2, 0.25) is 0 Å². The van der Waals surface area contributed by atoms with Gasteiger partial charge in [-0.15, -0.1) is 0 Å². The van der Waals surface area contributed by atoms with E-state index in [0.29, 0.717) is 6.54 Å². The number of rotatable bonds is 0. The molecule has 1 unspecified atom stereocenters. The number of hydrogen-bond acceptors (Lipinski definition) is 2. The van der Waals surface area contributed by atoms with Gasteiger partial charge in [0.25, 0.3) is 0 Å². The molecule has 1 aliphatic heterocycles. The molecular weight excluding hydrogens is 306 g/mol. The number of carbonyl (C=O) groups excluding carboxylic acids is 1. The maximum absolute atomic E-state index is 12.2. The quantitative estimate of drug-likeness (QED) is 0.717. The van der Waals surface area contributed by atoms with E-state index in [2.05, 4.69) is 35.0 Å². The molecule has 0 N–H and O–H groups in total. The third-order valence-electron chi connectivity index (χ3n) is 3.22. The number of fused-ring (bicyclic) bond motifs is 1. The second kappa shape index (κ2) is 5.16. The summed E-state index contributed by atoms with van der Waals surface area (Å²) in [5.74, 6) is 0. The minimum Gasteiger partial charge on any atom is -0.444 e. The lowest BCUT2D eigenvalue weighted by Gasteiger charge is -2.36. The molecule has 0 fully saturated rings. The summed E-state index contributed by atoms with van der Waals surface area (Å²) in [5, 5.41) is 0. The van der Waals surface area contributed by atoms with Crippen molar-refractivity contribution in [1.82, 2.24) is 4.90 Å². The zero-order valence-electron chi connectivity index (χ0n) is 11.9. The highest BCUT2D eigenvalue weighted by Gasteiger charge is 2.30. The number of hydrogen-bond donors (Lipinski definition) is 0. The molecule has 0 saturated carbocycles. The van der Waals surface area contributed by atoms with E-state index in [1.807, 2.05) is 26.8 Å². The van der Waals surface area contributed by atoms with E-state index in [1.165, 1.54) is 11.1 Å². The van der Waals surface area contributed by atoms with Gasteiger partial charge < -0.3 is 9.64 Å². The molecule has 0 saturated heterocycles. The SMILES string of the molecule is CC1Cc2c(Br)cccc2CN1C(=O)OC(C)(C)C. The number of ether oxygens (including phenoxy) is 1. The van der Waals surface area contributed by atoms with Crippen LogP contribution in [0.25, 0.3) is 0 Å². The van der Waals surface area contributed by atoms with Crippen molar-refractivity contribution in [3.05, 3.63) is 33.8 Å². The summed E-state index contributed by atoms with van der Waals surface area (Å²) >= 11 is 3.58. The Morgan fingerprint density at radius 1 is 1.42 bits per heavy atom. The number of carbonyl (C=O) groups is 1. The Hall–Kier alpha value is -1.03. The molecule has 19 heavy (non-hydrogen) atoms. The van der Waals surface area contributed by atoms with E-state index < -0.39 is 5.60 Å². The second-order valence-corrected chi connectivity index (χ2v) is 6.89. The van der Waals surface area contributed by atoms with Gasteiger partial charge in [0.05, 0.1) is 0 Å². The first-order valence-electron chi connectivity index (χ1n) is 6.54. The molecular formula is C15H20BrNO2. The minimum absolute atomic E-state index is 0.154. The second-order valence-electron chi connectivity index (χ2n) is 6.04. The van der Waals surface area contributed by atoms with E-state index in [4.69, 9.17) is 4.74 Å². The monoisotopic (exact) mass is 325 g/mol. The van der Waals surface area contributed by atoms with Crippen LogP contribution in [-0.2, 0) is 17.7 Å². The molecule has 104 valence electrons. The van der Waals surface area contributed by atoms with E-state index in [9.17, 15) is 4.79 Å². The Morgan fingerprint density at radius 3 is 2.74 bits per heavy atom. The van der Waals surface area contributed by atoms with Crippen LogP contribution in [0, 0.1) is 0 Å². The van der Waals surface area contributed by atoms with Crippen LogP contribution in [0.4, 0.5) is 4.79 Å². The molecule has 1 aromatic carbocycles. The third-order valence-corrected chi connectivity index (χ3v) is 3.96. The molecule has 0 aromatic heterocycles. The van der Waals surface area contributed by atoms with E-state index in [-0.39, 0.29) is 12.1 Å². The van der Waals surface area contributed by atoms with Crippen LogP contribution in [0.2, 0.25) is 0 Å². The van der Waals surface area contributed by atoms with Gasteiger partial charge in [-0.3, -0.25) is 0 Å². The summed E-state index contributed by atoms with van der Waals surface area (Å²) in [6.07, 6.45) is 0.626. The van der Waals surface area contributed by atoms with Crippen LogP contribution in [0.15, 0.2) is 22.7 Å². The minimum atomic E-state index is -0.450. The molecule has 0 spiro atoms. The van der Waals surface area contributed by atoms with Crippen LogP contribution in [0.5, 0.6) is 0 Å². The Morgan fingerprint density at radius 2 is 2.11 bits per heavy atom. The van der Waals surface area contributed by atoms with Crippen molar-refractivity contribution >= 4 is 22.0 Å². The van der Waals surface area contributed by atoms with Crippen LogP contribution in [0.1, 0.15) is 38.8 Å². The van der Waals surface area contributed by atoms with Crippen molar-refractivity contribution in [2.24, 2.45) is 0 Å². The van der Waals surface area contributed by atoms with Gasteiger partial charge in [-0.1, -0.05) is 28.1 Å². The Bertz CT molecular complexity index is 493. The molecule has 2 rings (SSSR count). The Balaban J connectivity index is 2.20. The average Bonchev–Trinajstić information content (AvgIpc) is 2.27. The first kappa shape index (κ1) is 14.4. The number of benzene rings is 1. The number of amides is 1. The third kappa shape index (κ3) is 3.30. The van der Waals surface area contributed by atoms with Gasteiger partial charge in [-0.05, 0) is 51.3 Å². The van der Waals surface area contributed by atoms with Crippen LogP contribution in [-0.4, -0.2) is 22.6 Å². The fourth-order valence-electron chi connectivity index (χ4n) is 2.29. The largest absolute Gasteiger partial charge is 0.444 e. The summed E-state index contributed by atoms with van der Waals surface area (Å²) in [6.45, 7) is 8.36. The van der Waals surface area contributed by atoms with Gasteiger partial charge in [0, 0.05) is 17.1 Å². The van der Waals surface area contributed by atoms with E-state index in [1.54, 1.807) is 4.90 Å². The summed E-state index contributed by atoms with van der Waals surface area (Å²) in [7, 11) is 0. The van der Waals surface area contributed by atoms with Crippen LogP contribution < -0.4 is 0 Å². The average molecular weight is 326 g/mol. The predicted molar refractivity (Wildman–Crippen MR) is 79.1 cm³/mol. The number of nitrogens with zero attached hydrogens (tertiary/aromatic N) is 1. The van der Waals surface area contributed by atoms with Gasteiger partial charge in [0.1, 0.15) is 5.60 Å². The lowest BCUT2D eigenvalue weighted by Crippen LogP contribution is -2.45. The maximum Gasteiger partial charge on any atom is 0.410 e. The summed E-state index contributed by atoms with van der Waals surface area (Å²) in [6, 6.07) is 6.28. The highest BCUT2D eigenvalue weighted by molar-refractivity contribution is 9.10. The van der Waals surface area contributed by atoms with E-state index >= 15 is 0 Å². The molecule has 0 bridgehead atoms. The van der Waals surface area contributed by atoms with Gasteiger partial charge in [0.15, 0.2) is 0 Å². The topological polar surface area (TPSA) is 29.5 Å². The zero-order valence-corrected chi connectivity index (χ0v) is 13.5. The van der Waals surface area contributed by atoms with E-state index in [0.717, 1.165) is 10.9 Å². The van der Waals surface area contributed by atoms with Crippen molar-refractivity contribution in [3.63, 3.8) is 0 Å². The summed E-state index contributed by atoms with van der Waals surface area (Å²) in [5.41, 5.74) is 2.04. The van der Waals surface area contributed by atoms with Gasteiger partial charge in [-0.25, -0.2) is 4.79 Å². The molecule has 1 atom stereocenters. The first-order chi connectivity index (χ1) is 8.78. The highest BCUT2D eigenvalue weighted by Crippen LogP contribution is 2.30. The van der Waals surface area contributed by atoms with Gasteiger partial charge >= 0.3 is 6.09 Å². The smallest absolute Gasteiger partial charge is 0.410 e. The van der Waals surface area contributed by atoms with Crippen molar-refractivity contribution in [2.75, 3.05) is 0 Å². The van der Waals surface area contributed by atoms with Crippen molar-refractivity contribution in [2.45, 2.75) is 52.3 Å². The molecule has 1 aliphatic rings. The van der Waals surface area contributed by atoms with Gasteiger partial charge in [-0.2, -0.15) is 0 Å². The van der Waals surface area contributed by atoms with Crippen molar-refractivity contribution in [1.29, 1.82) is 0 Å². The summed E-state index contributed by atoms with van der Waals surface area (Å²) in [4.78, 5) is 14.0. The lowest BCUT2D eigenvalue weighted by molar-refractivity contribution is 0.0138. The molecule has 0 aliphatic carbocycles. The highest BCUT2D eigenvalue weighted by atomic mass is 79.9. The fourth-order valence-corrected chi connectivity index (χ4v) is 2.86. The van der Waals surface area contributed by atoms with Crippen molar-refractivity contribution < 1.29 is 9.53 Å². The number of halogens is 1. The predicted octanol–water partition coefficient (Wildman–Crippen LogP) is 4.13. The molecule has 1 heterocycles. The zero-order chi connectivity index (χ0) is 14.2. The molecule has 0 radical (unpaired) electrons. The van der Waals surface area contributed by atoms with Crippen molar-refractivity contribution in [3.8, 4) is 0 Å².